The van der Waals surface area contributed by atoms with Gasteiger partial charge in [0, 0.05) is 16.5 Å². The summed E-state index contributed by atoms with van der Waals surface area (Å²) in [4.78, 5) is 12.7. The highest BCUT2D eigenvalue weighted by molar-refractivity contribution is 7.88. The summed E-state index contributed by atoms with van der Waals surface area (Å²) in [5, 5.41) is 0. The van der Waals surface area contributed by atoms with Crippen molar-refractivity contribution in [2.45, 2.75) is 44.5 Å². The highest BCUT2D eigenvalue weighted by atomic mass is 32.2. The van der Waals surface area contributed by atoms with Gasteiger partial charge in [-0.15, -0.1) is 0 Å². The smallest absolute Gasteiger partial charge is 0.376 e. The topological polar surface area (TPSA) is 60.4 Å². The van der Waals surface area contributed by atoms with Crippen molar-refractivity contribution >= 4 is 15.9 Å². The van der Waals surface area contributed by atoms with E-state index in [4.69, 9.17) is 0 Å². The van der Waals surface area contributed by atoms with E-state index in [1.54, 1.807) is 6.92 Å². The van der Waals surface area contributed by atoms with Crippen LogP contribution in [0.25, 0.3) is 0 Å². The van der Waals surface area contributed by atoms with Gasteiger partial charge < -0.3 is 4.18 Å². The van der Waals surface area contributed by atoms with E-state index in [9.17, 15) is 26.4 Å². The van der Waals surface area contributed by atoms with Crippen molar-refractivity contribution in [3.8, 4) is 5.75 Å². The molecule has 0 heterocycles. The summed E-state index contributed by atoms with van der Waals surface area (Å²) in [6.07, 6.45) is 3.36. The zero-order valence-electron chi connectivity index (χ0n) is 12.4. The highest BCUT2D eigenvalue weighted by Crippen LogP contribution is 2.51. The van der Waals surface area contributed by atoms with Crippen LogP contribution < -0.4 is 4.18 Å². The molecule has 0 atom stereocenters. The second-order valence-corrected chi connectivity index (χ2v) is 7.75. The Morgan fingerprint density at radius 1 is 1.17 bits per heavy atom. The molecule has 0 aromatic heterocycles. The SMILES string of the molecule is Cc1ccc(OS(=O)(=O)C(F)(F)F)c2c1C(=O)C1(CCCC1)C2. The first-order valence-corrected chi connectivity index (χ1v) is 8.66. The molecular weight excluding hydrogens is 333 g/mol. The Morgan fingerprint density at radius 2 is 1.78 bits per heavy atom. The van der Waals surface area contributed by atoms with E-state index in [0.717, 1.165) is 12.8 Å². The molecule has 0 radical (unpaired) electrons. The van der Waals surface area contributed by atoms with E-state index in [-0.39, 0.29) is 23.5 Å². The van der Waals surface area contributed by atoms with Crippen LogP contribution in [-0.4, -0.2) is 19.7 Å². The molecule has 1 aromatic carbocycles. The molecule has 1 saturated carbocycles. The van der Waals surface area contributed by atoms with E-state index >= 15 is 0 Å². The zero-order chi connectivity index (χ0) is 17.0. The van der Waals surface area contributed by atoms with Gasteiger partial charge >= 0.3 is 15.6 Å². The molecule has 0 amide bonds. The molecule has 0 saturated heterocycles. The molecular formula is C15H15F3O4S. The lowest BCUT2D eigenvalue weighted by Crippen LogP contribution is -2.28. The maximum atomic E-state index is 12.7. The molecule has 1 spiro atoms. The van der Waals surface area contributed by atoms with Gasteiger partial charge in [0.1, 0.15) is 5.75 Å². The molecule has 23 heavy (non-hydrogen) atoms. The quantitative estimate of drug-likeness (QED) is 0.606. The first-order chi connectivity index (χ1) is 10.6. The van der Waals surface area contributed by atoms with Crippen LogP contribution in [0.1, 0.15) is 47.2 Å². The van der Waals surface area contributed by atoms with Gasteiger partial charge in [-0.05, 0) is 37.8 Å². The Hall–Kier alpha value is -1.57. The highest BCUT2D eigenvalue weighted by Gasteiger charge is 2.51. The summed E-state index contributed by atoms with van der Waals surface area (Å²) in [7, 11) is -5.75. The maximum Gasteiger partial charge on any atom is 0.534 e. The van der Waals surface area contributed by atoms with Crippen LogP contribution in [0.3, 0.4) is 0 Å². The van der Waals surface area contributed by atoms with Gasteiger partial charge in [0.25, 0.3) is 0 Å². The van der Waals surface area contributed by atoms with Gasteiger partial charge in [-0.1, -0.05) is 18.9 Å². The summed E-state index contributed by atoms with van der Waals surface area (Å²) in [5.74, 6) is -0.489. The van der Waals surface area contributed by atoms with Gasteiger partial charge in [0.15, 0.2) is 5.78 Å². The van der Waals surface area contributed by atoms with E-state index in [0.29, 0.717) is 24.0 Å². The van der Waals surface area contributed by atoms with Gasteiger partial charge in [-0.25, -0.2) is 0 Å². The fraction of sp³-hybridized carbons (Fsp3) is 0.533. The minimum Gasteiger partial charge on any atom is -0.376 e. The number of Topliss-reactive ketones (excluding diaryl/α,β-unsaturated/α-hetero) is 1. The van der Waals surface area contributed by atoms with Crippen LogP contribution >= 0.6 is 0 Å². The van der Waals surface area contributed by atoms with Gasteiger partial charge in [-0.2, -0.15) is 21.6 Å². The largest absolute Gasteiger partial charge is 0.534 e. The van der Waals surface area contributed by atoms with Crippen LogP contribution in [0.2, 0.25) is 0 Å². The molecule has 0 unspecified atom stereocenters. The third kappa shape index (κ3) is 2.43. The Labute approximate surface area is 131 Å². The van der Waals surface area contributed by atoms with E-state index in [1.165, 1.54) is 12.1 Å². The van der Waals surface area contributed by atoms with Crippen molar-refractivity contribution in [1.29, 1.82) is 0 Å². The lowest BCUT2D eigenvalue weighted by molar-refractivity contribution is -0.0500. The predicted octanol–water partition coefficient (Wildman–Crippen LogP) is 3.52. The van der Waals surface area contributed by atoms with Gasteiger partial charge in [0.2, 0.25) is 0 Å². The fourth-order valence-electron chi connectivity index (χ4n) is 3.62. The third-order valence-electron chi connectivity index (χ3n) is 4.75. The second-order valence-electron chi connectivity index (χ2n) is 6.21. The molecule has 1 fully saturated rings. The molecule has 4 nitrogen and oxygen atoms in total. The molecule has 2 aliphatic rings. The Morgan fingerprint density at radius 3 is 2.35 bits per heavy atom. The van der Waals surface area contributed by atoms with Crippen LogP contribution in [0.4, 0.5) is 13.2 Å². The monoisotopic (exact) mass is 348 g/mol. The van der Waals surface area contributed by atoms with Crippen LogP contribution in [0, 0.1) is 12.3 Å². The minimum absolute atomic E-state index is 0.0997. The standard InChI is InChI=1S/C15H15F3O4S/c1-9-4-5-11(22-23(20,21)15(16,17)18)10-8-14(6-2-3-7-14)13(19)12(9)10/h4-5H,2-3,6-8H2,1H3. The molecule has 8 heteroatoms. The molecule has 3 rings (SSSR count). The van der Waals surface area contributed by atoms with Crippen molar-refractivity contribution in [3.05, 3.63) is 28.8 Å². The normalized spacial score (nSPS) is 20.1. The maximum absolute atomic E-state index is 12.7. The average Bonchev–Trinajstić information content (AvgIpc) is 3.00. The van der Waals surface area contributed by atoms with Crippen molar-refractivity contribution in [1.82, 2.24) is 0 Å². The number of carbonyl (C=O) groups is 1. The van der Waals surface area contributed by atoms with Crippen molar-refractivity contribution < 1.29 is 30.6 Å². The average molecular weight is 348 g/mol. The number of ketones is 1. The Balaban J connectivity index is 2.06. The van der Waals surface area contributed by atoms with Crippen molar-refractivity contribution in [3.63, 3.8) is 0 Å². The number of hydrogen-bond acceptors (Lipinski definition) is 4. The summed E-state index contributed by atoms with van der Waals surface area (Å²) in [6.45, 7) is 1.69. The Bertz CT molecular complexity index is 775. The first kappa shape index (κ1) is 16.3. The number of aryl methyl sites for hydroxylation is 1. The van der Waals surface area contributed by atoms with Crippen molar-refractivity contribution in [2.24, 2.45) is 5.41 Å². The molecule has 126 valence electrons. The second kappa shape index (κ2) is 4.96. The molecule has 0 aliphatic heterocycles. The van der Waals surface area contributed by atoms with Crippen LogP contribution in [-0.2, 0) is 16.5 Å². The first-order valence-electron chi connectivity index (χ1n) is 7.25. The van der Waals surface area contributed by atoms with E-state index in [1.807, 2.05) is 0 Å². The summed E-state index contributed by atoms with van der Waals surface area (Å²) in [5.41, 5.74) is -4.87. The number of rotatable bonds is 2. The molecule has 2 aliphatic carbocycles. The van der Waals surface area contributed by atoms with E-state index in [2.05, 4.69) is 4.18 Å². The number of halogens is 3. The van der Waals surface area contributed by atoms with Gasteiger partial charge in [-0.3, -0.25) is 4.79 Å². The van der Waals surface area contributed by atoms with E-state index < -0.39 is 21.0 Å². The van der Waals surface area contributed by atoms with Crippen LogP contribution in [0.5, 0.6) is 5.75 Å². The third-order valence-corrected chi connectivity index (χ3v) is 5.71. The van der Waals surface area contributed by atoms with Crippen LogP contribution in [0.15, 0.2) is 12.1 Å². The van der Waals surface area contributed by atoms with Gasteiger partial charge in [0.05, 0.1) is 0 Å². The lowest BCUT2D eigenvalue weighted by Gasteiger charge is -2.19. The molecule has 0 N–H and O–H groups in total. The number of alkyl halides is 3. The number of fused-ring (bicyclic) bond motifs is 1. The predicted molar refractivity (Wildman–Crippen MR) is 75.7 cm³/mol. The molecule has 0 bridgehead atoms. The minimum atomic E-state index is -5.75. The number of benzene rings is 1. The number of carbonyl (C=O) groups excluding carboxylic acids is 1. The molecule has 1 aromatic rings. The summed E-state index contributed by atoms with van der Waals surface area (Å²) >= 11 is 0. The summed E-state index contributed by atoms with van der Waals surface area (Å²) < 4.78 is 64.5. The fourth-order valence-corrected chi connectivity index (χ4v) is 4.11. The zero-order valence-corrected chi connectivity index (χ0v) is 13.2. The van der Waals surface area contributed by atoms with Crippen molar-refractivity contribution in [2.75, 3.05) is 0 Å². The lowest BCUT2D eigenvalue weighted by atomic mass is 9.82. The summed E-state index contributed by atoms with van der Waals surface area (Å²) in [6, 6.07) is 2.62. The Kier molecular flexibility index (Phi) is 3.51. The number of hydrogen-bond donors (Lipinski definition) is 0.